The van der Waals surface area contributed by atoms with Gasteiger partial charge in [0.1, 0.15) is 17.0 Å². The van der Waals surface area contributed by atoms with Crippen molar-refractivity contribution in [2.75, 3.05) is 12.4 Å². The summed E-state index contributed by atoms with van der Waals surface area (Å²) in [5.41, 5.74) is -0.684. The van der Waals surface area contributed by atoms with E-state index in [0.29, 0.717) is 3.57 Å². The van der Waals surface area contributed by atoms with E-state index in [2.05, 4.69) is 10.1 Å². The van der Waals surface area contributed by atoms with Gasteiger partial charge in [0.25, 0.3) is 5.56 Å². The van der Waals surface area contributed by atoms with Gasteiger partial charge in [-0.15, -0.1) is 0 Å². The molecule has 2 heterocycles. The number of aromatic nitrogens is 2. The molecule has 0 aliphatic carbocycles. The highest BCUT2D eigenvalue weighted by atomic mass is 127. The molecule has 0 spiro atoms. The molecule has 0 atom stereocenters. The molecule has 0 radical (unpaired) electrons. The number of halogens is 2. The average molecular weight is 483 g/mol. The lowest BCUT2D eigenvalue weighted by molar-refractivity contribution is 0.0598. The van der Waals surface area contributed by atoms with Crippen LogP contribution in [-0.4, -0.2) is 22.2 Å². The zero-order valence-corrected chi connectivity index (χ0v) is 16.8. The Labute approximate surface area is 166 Å². The average Bonchev–Trinajstić information content (AvgIpc) is 2.62. The van der Waals surface area contributed by atoms with E-state index < -0.39 is 22.8 Å². The molecule has 0 aliphatic rings. The number of nitrogens with zero attached hydrogens (tertiary/aromatic N) is 2. The van der Waals surface area contributed by atoms with E-state index in [0.717, 1.165) is 0 Å². The van der Waals surface area contributed by atoms with Crippen LogP contribution in [0.25, 0.3) is 11.0 Å². The van der Waals surface area contributed by atoms with Gasteiger partial charge in [0, 0.05) is 29.9 Å². The quantitative estimate of drug-likeness (QED) is 0.458. The van der Waals surface area contributed by atoms with E-state index in [1.165, 1.54) is 47.7 Å². The molecule has 7 nitrogen and oxygen atoms in total. The standard InChI is InChI=1S/C18H15FIN3O4/c1-22-8-10(18(26)27-3)16(25)15-13(7-14(24)23(2)17(15)22)21-12-5-4-9(20)6-11(12)19/h4-8,21H,1-3H3. The number of ether oxygens (including phenoxy) is 1. The number of aryl methyl sites for hydroxylation is 2. The summed E-state index contributed by atoms with van der Waals surface area (Å²) in [6, 6.07) is 5.72. The Hall–Kier alpha value is -2.69. The number of hydrogen-bond acceptors (Lipinski definition) is 5. The molecule has 0 saturated carbocycles. The zero-order chi connectivity index (χ0) is 19.9. The number of pyridine rings is 2. The van der Waals surface area contributed by atoms with Crippen LogP contribution in [0.4, 0.5) is 15.8 Å². The summed E-state index contributed by atoms with van der Waals surface area (Å²) >= 11 is 1.98. The Morgan fingerprint density at radius 2 is 1.89 bits per heavy atom. The lowest BCUT2D eigenvalue weighted by atomic mass is 10.1. The van der Waals surface area contributed by atoms with Crippen LogP contribution in [-0.2, 0) is 18.8 Å². The summed E-state index contributed by atoms with van der Waals surface area (Å²) in [4.78, 5) is 37.2. The van der Waals surface area contributed by atoms with Gasteiger partial charge in [0.15, 0.2) is 0 Å². The second kappa shape index (κ2) is 7.14. The monoisotopic (exact) mass is 483 g/mol. The van der Waals surface area contributed by atoms with Gasteiger partial charge in [0.05, 0.1) is 23.9 Å². The molecule has 0 unspecified atom stereocenters. The lowest BCUT2D eigenvalue weighted by Crippen LogP contribution is -2.26. The van der Waals surface area contributed by atoms with Crippen molar-refractivity contribution in [1.29, 1.82) is 0 Å². The van der Waals surface area contributed by atoms with Crippen LogP contribution >= 0.6 is 22.6 Å². The molecule has 0 amide bonds. The van der Waals surface area contributed by atoms with Gasteiger partial charge in [-0.1, -0.05) is 0 Å². The maximum Gasteiger partial charge on any atom is 0.343 e. The van der Waals surface area contributed by atoms with Crippen LogP contribution in [0.5, 0.6) is 0 Å². The normalized spacial score (nSPS) is 10.9. The van der Waals surface area contributed by atoms with E-state index in [1.807, 2.05) is 22.6 Å². The molecule has 0 bridgehead atoms. The molecule has 2 aromatic heterocycles. The van der Waals surface area contributed by atoms with Crippen molar-refractivity contribution < 1.29 is 13.9 Å². The highest BCUT2D eigenvalue weighted by Gasteiger charge is 2.20. The Bertz CT molecular complexity index is 1200. The Balaban J connectivity index is 2.36. The summed E-state index contributed by atoms with van der Waals surface area (Å²) in [6.07, 6.45) is 1.31. The van der Waals surface area contributed by atoms with Crippen LogP contribution < -0.4 is 16.3 Å². The Morgan fingerprint density at radius 3 is 2.52 bits per heavy atom. The van der Waals surface area contributed by atoms with Crippen molar-refractivity contribution in [1.82, 2.24) is 9.13 Å². The van der Waals surface area contributed by atoms with Crippen LogP contribution in [0.15, 0.2) is 40.1 Å². The predicted molar refractivity (Wildman–Crippen MR) is 108 cm³/mol. The van der Waals surface area contributed by atoms with Crippen molar-refractivity contribution >= 4 is 51.0 Å². The van der Waals surface area contributed by atoms with E-state index in [-0.39, 0.29) is 28.0 Å². The third-order valence-electron chi connectivity index (χ3n) is 4.14. The van der Waals surface area contributed by atoms with Gasteiger partial charge in [-0.2, -0.15) is 0 Å². The fraction of sp³-hybridized carbons (Fsp3) is 0.167. The third-order valence-corrected chi connectivity index (χ3v) is 4.81. The molecule has 9 heteroatoms. The molecule has 0 aliphatic heterocycles. The largest absolute Gasteiger partial charge is 0.465 e. The molecule has 27 heavy (non-hydrogen) atoms. The number of carbonyl (C=O) groups is 1. The molecule has 3 aromatic rings. The SMILES string of the molecule is COC(=O)c1cn(C)c2c(c(Nc3ccc(I)cc3F)cc(=O)n2C)c1=O. The molecular weight excluding hydrogens is 468 g/mol. The first kappa shape index (κ1) is 19.1. The topological polar surface area (TPSA) is 82.3 Å². The minimum atomic E-state index is -0.794. The maximum absolute atomic E-state index is 14.2. The fourth-order valence-electron chi connectivity index (χ4n) is 2.86. The van der Waals surface area contributed by atoms with Gasteiger partial charge in [0.2, 0.25) is 5.43 Å². The number of benzene rings is 1. The van der Waals surface area contributed by atoms with Gasteiger partial charge in [-0.3, -0.25) is 14.2 Å². The highest BCUT2D eigenvalue weighted by Crippen LogP contribution is 2.25. The van der Waals surface area contributed by atoms with E-state index in [9.17, 15) is 18.8 Å². The number of hydrogen-bond donors (Lipinski definition) is 1. The first-order chi connectivity index (χ1) is 12.7. The fourth-order valence-corrected chi connectivity index (χ4v) is 3.31. The number of esters is 1. The van der Waals surface area contributed by atoms with E-state index in [4.69, 9.17) is 0 Å². The van der Waals surface area contributed by atoms with Crippen LogP contribution in [0.1, 0.15) is 10.4 Å². The lowest BCUT2D eigenvalue weighted by Gasteiger charge is -2.16. The summed E-state index contributed by atoms with van der Waals surface area (Å²) in [7, 11) is 4.28. The molecule has 0 saturated heterocycles. The molecule has 1 N–H and O–H groups in total. The second-order valence-electron chi connectivity index (χ2n) is 5.88. The summed E-state index contributed by atoms with van der Waals surface area (Å²) < 4.78 is 22.4. The first-order valence-corrected chi connectivity index (χ1v) is 8.86. The zero-order valence-electron chi connectivity index (χ0n) is 14.7. The van der Waals surface area contributed by atoms with Crippen LogP contribution in [0, 0.1) is 9.39 Å². The second-order valence-corrected chi connectivity index (χ2v) is 7.12. The number of methoxy groups -OCH3 is 1. The van der Waals surface area contributed by atoms with Crippen LogP contribution in [0.2, 0.25) is 0 Å². The Morgan fingerprint density at radius 1 is 1.19 bits per heavy atom. The molecular formula is C18H15FIN3O4. The Kier molecular flexibility index (Phi) is 5.05. The summed E-state index contributed by atoms with van der Waals surface area (Å²) in [5, 5.41) is 2.89. The number of anilines is 2. The molecule has 0 fully saturated rings. The number of nitrogens with one attached hydrogen (secondary N) is 1. The van der Waals surface area contributed by atoms with Gasteiger partial charge in [-0.25, -0.2) is 9.18 Å². The minimum absolute atomic E-state index is 0.0838. The molecule has 1 aromatic carbocycles. The van der Waals surface area contributed by atoms with Gasteiger partial charge >= 0.3 is 5.97 Å². The molecule has 3 rings (SSSR count). The van der Waals surface area contributed by atoms with Crippen molar-refractivity contribution in [3.8, 4) is 0 Å². The van der Waals surface area contributed by atoms with Gasteiger partial charge in [-0.05, 0) is 40.8 Å². The first-order valence-electron chi connectivity index (χ1n) is 7.78. The van der Waals surface area contributed by atoms with Crippen molar-refractivity contribution in [3.05, 3.63) is 66.0 Å². The highest BCUT2D eigenvalue weighted by molar-refractivity contribution is 14.1. The summed E-state index contributed by atoms with van der Waals surface area (Å²) in [5.74, 6) is -1.32. The third kappa shape index (κ3) is 3.34. The number of fused-ring (bicyclic) bond motifs is 1. The minimum Gasteiger partial charge on any atom is -0.465 e. The van der Waals surface area contributed by atoms with E-state index in [1.54, 1.807) is 13.1 Å². The molecule has 140 valence electrons. The van der Waals surface area contributed by atoms with Gasteiger partial charge < -0.3 is 14.6 Å². The van der Waals surface area contributed by atoms with Crippen molar-refractivity contribution in [2.24, 2.45) is 14.1 Å². The number of rotatable bonds is 3. The maximum atomic E-state index is 14.2. The predicted octanol–water partition coefficient (Wildman–Crippen LogP) is 2.51. The van der Waals surface area contributed by atoms with Crippen molar-refractivity contribution in [2.45, 2.75) is 0 Å². The van der Waals surface area contributed by atoms with Crippen LogP contribution in [0.3, 0.4) is 0 Å². The number of carbonyl (C=O) groups excluding carboxylic acids is 1. The van der Waals surface area contributed by atoms with E-state index >= 15 is 0 Å². The smallest absolute Gasteiger partial charge is 0.343 e. The summed E-state index contributed by atoms with van der Waals surface area (Å²) in [6.45, 7) is 0. The van der Waals surface area contributed by atoms with Crippen molar-refractivity contribution in [3.63, 3.8) is 0 Å².